The van der Waals surface area contributed by atoms with E-state index in [0.717, 1.165) is 10.8 Å². The van der Waals surface area contributed by atoms with Crippen molar-refractivity contribution in [3.63, 3.8) is 0 Å². The maximum absolute atomic E-state index is 12.4. The van der Waals surface area contributed by atoms with Gasteiger partial charge in [-0.2, -0.15) is 0 Å². The quantitative estimate of drug-likeness (QED) is 0.887. The lowest BCUT2D eigenvalue weighted by Gasteiger charge is -2.17. The molecule has 1 amide bonds. The second-order valence-electron chi connectivity index (χ2n) is 5.52. The van der Waals surface area contributed by atoms with E-state index in [9.17, 15) is 14.7 Å². The van der Waals surface area contributed by atoms with Gasteiger partial charge >= 0.3 is 5.97 Å². The number of rotatable bonds is 5. The summed E-state index contributed by atoms with van der Waals surface area (Å²) in [6.45, 7) is 3.86. The van der Waals surface area contributed by atoms with Crippen LogP contribution in [0, 0.1) is 5.92 Å². The Hall–Kier alpha value is -2.36. The number of nitrogens with one attached hydrogen (secondary N) is 1. The van der Waals surface area contributed by atoms with Gasteiger partial charge in [-0.25, -0.2) is 4.79 Å². The molecule has 4 nitrogen and oxygen atoms in total. The van der Waals surface area contributed by atoms with Gasteiger partial charge in [0.1, 0.15) is 6.04 Å². The van der Waals surface area contributed by atoms with Gasteiger partial charge in [0.15, 0.2) is 0 Å². The molecule has 0 bridgehead atoms. The van der Waals surface area contributed by atoms with Crippen molar-refractivity contribution in [3.05, 3.63) is 48.0 Å². The van der Waals surface area contributed by atoms with Crippen molar-refractivity contribution in [2.24, 2.45) is 5.92 Å². The predicted octanol–water partition coefficient (Wildman–Crippen LogP) is 3.07. The summed E-state index contributed by atoms with van der Waals surface area (Å²) in [6.07, 6.45) is 0.409. The average Bonchev–Trinajstić information content (AvgIpc) is 2.45. The van der Waals surface area contributed by atoms with Crippen molar-refractivity contribution in [2.45, 2.75) is 26.3 Å². The van der Waals surface area contributed by atoms with Crippen LogP contribution in [-0.2, 0) is 4.79 Å². The minimum atomic E-state index is -1.00. The van der Waals surface area contributed by atoms with Crippen LogP contribution in [-0.4, -0.2) is 23.0 Å². The molecule has 4 heteroatoms. The highest BCUT2D eigenvalue weighted by atomic mass is 16.4. The highest BCUT2D eigenvalue weighted by Gasteiger charge is 2.22. The van der Waals surface area contributed by atoms with E-state index in [1.807, 2.05) is 44.2 Å². The lowest BCUT2D eigenvalue weighted by molar-refractivity contribution is -0.139. The van der Waals surface area contributed by atoms with Crippen LogP contribution in [0.3, 0.4) is 0 Å². The van der Waals surface area contributed by atoms with Gasteiger partial charge in [0.25, 0.3) is 5.91 Å². The largest absolute Gasteiger partial charge is 0.480 e. The molecule has 21 heavy (non-hydrogen) atoms. The molecule has 2 rings (SSSR count). The molecule has 0 aliphatic carbocycles. The fourth-order valence-electron chi connectivity index (χ4n) is 2.35. The number of hydrogen-bond acceptors (Lipinski definition) is 2. The van der Waals surface area contributed by atoms with E-state index in [1.54, 1.807) is 12.1 Å². The van der Waals surface area contributed by atoms with E-state index in [2.05, 4.69) is 5.32 Å². The molecule has 0 saturated carbocycles. The number of carbonyl (C=O) groups excluding carboxylic acids is 1. The zero-order valence-electron chi connectivity index (χ0n) is 12.2. The maximum Gasteiger partial charge on any atom is 0.326 e. The van der Waals surface area contributed by atoms with Crippen molar-refractivity contribution in [1.82, 2.24) is 5.32 Å². The lowest BCUT2D eigenvalue weighted by atomic mass is 10.0. The summed E-state index contributed by atoms with van der Waals surface area (Å²) in [5.41, 5.74) is 0.503. The monoisotopic (exact) mass is 285 g/mol. The fourth-order valence-corrected chi connectivity index (χ4v) is 2.35. The Morgan fingerprint density at radius 3 is 2.43 bits per heavy atom. The van der Waals surface area contributed by atoms with E-state index < -0.39 is 12.0 Å². The summed E-state index contributed by atoms with van der Waals surface area (Å²) in [5, 5.41) is 13.6. The fraction of sp³-hybridized carbons (Fsp3) is 0.294. The highest BCUT2D eigenvalue weighted by molar-refractivity contribution is 6.07. The molecule has 2 N–H and O–H groups in total. The van der Waals surface area contributed by atoms with Crippen LogP contribution >= 0.6 is 0 Å². The van der Waals surface area contributed by atoms with E-state index in [4.69, 9.17) is 0 Å². The molecule has 110 valence electrons. The van der Waals surface area contributed by atoms with Crippen molar-refractivity contribution in [1.29, 1.82) is 0 Å². The van der Waals surface area contributed by atoms with Crippen LogP contribution in [0.4, 0.5) is 0 Å². The van der Waals surface area contributed by atoms with Gasteiger partial charge in [0.2, 0.25) is 0 Å². The molecule has 0 unspecified atom stereocenters. The van der Waals surface area contributed by atoms with E-state index in [-0.39, 0.29) is 11.8 Å². The normalized spacial score (nSPS) is 12.3. The molecule has 0 spiro atoms. The first-order valence-corrected chi connectivity index (χ1v) is 7.00. The van der Waals surface area contributed by atoms with Crippen molar-refractivity contribution < 1.29 is 14.7 Å². The Morgan fingerprint density at radius 2 is 1.76 bits per heavy atom. The van der Waals surface area contributed by atoms with E-state index in [1.165, 1.54) is 0 Å². The molecular weight excluding hydrogens is 266 g/mol. The van der Waals surface area contributed by atoms with Crippen molar-refractivity contribution in [2.75, 3.05) is 0 Å². The summed E-state index contributed by atoms with van der Waals surface area (Å²) in [4.78, 5) is 23.6. The first-order chi connectivity index (χ1) is 9.99. The zero-order valence-corrected chi connectivity index (χ0v) is 12.2. The third-order valence-corrected chi connectivity index (χ3v) is 3.34. The Labute approximate surface area is 123 Å². The molecule has 0 aliphatic rings. The third kappa shape index (κ3) is 3.60. The minimum absolute atomic E-state index is 0.193. The summed E-state index contributed by atoms with van der Waals surface area (Å²) in [5.74, 6) is -1.16. The van der Waals surface area contributed by atoms with E-state index >= 15 is 0 Å². The first kappa shape index (κ1) is 15.0. The number of amides is 1. The Morgan fingerprint density at radius 1 is 1.10 bits per heavy atom. The van der Waals surface area contributed by atoms with E-state index in [0.29, 0.717) is 12.0 Å². The van der Waals surface area contributed by atoms with Gasteiger partial charge in [0, 0.05) is 5.56 Å². The number of carboxylic acid groups (broad SMARTS) is 1. The number of carboxylic acids is 1. The summed E-state index contributed by atoms with van der Waals surface area (Å²) in [7, 11) is 0. The van der Waals surface area contributed by atoms with Crippen LogP contribution in [0.2, 0.25) is 0 Å². The van der Waals surface area contributed by atoms with Crippen molar-refractivity contribution in [3.8, 4) is 0 Å². The van der Waals surface area contributed by atoms with Crippen LogP contribution in [0.1, 0.15) is 30.6 Å². The third-order valence-electron chi connectivity index (χ3n) is 3.34. The Kier molecular flexibility index (Phi) is 4.58. The molecule has 1 atom stereocenters. The molecule has 0 radical (unpaired) electrons. The highest BCUT2D eigenvalue weighted by Crippen LogP contribution is 2.18. The molecule has 2 aromatic rings. The lowest BCUT2D eigenvalue weighted by Crippen LogP contribution is -2.41. The van der Waals surface area contributed by atoms with Crippen LogP contribution in [0.15, 0.2) is 42.5 Å². The topological polar surface area (TPSA) is 66.4 Å². The molecule has 2 aromatic carbocycles. The van der Waals surface area contributed by atoms with Gasteiger partial charge < -0.3 is 10.4 Å². The number of carbonyl (C=O) groups is 2. The van der Waals surface area contributed by atoms with Gasteiger partial charge in [-0.1, -0.05) is 50.2 Å². The smallest absolute Gasteiger partial charge is 0.326 e. The Bertz CT molecular complexity index is 659. The van der Waals surface area contributed by atoms with Crippen molar-refractivity contribution >= 4 is 22.6 Å². The van der Waals surface area contributed by atoms with Crippen LogP contribution in [0.25, 0.3) is 10.8 Å². The summed E-state index contributed by atoms with van der Waals surface area (Å²) < 4.78 is 0. The molecule has 0 aliphatic heterocycles. The molecule has 0 saturated heterocycles. The van der Waals surface area contributed by atoms with Gasteiger partial charge in [-0.15, -0.1) is 0 Å². The Balaban J connectivity index is 2.27. The average molecular weight is 285 g/mol. The predicted molar refractivity (Wildman–Crippen MR) is 82.3 cm³/mol. The minimum Gasteiger partial charge on any atom is -0.480 e. The molecule has 0 heterocycles. The SMILES string of the molecule is CC(C)C[C@@H](NC(=O)c1cccc2ccccc12)C(=O)O. The maximum atomic E-state index is 12.4. The molecule has 0 fully saturated rings. The standard InChI is InChI=1S/C17H19NO3/c1-11(2)10-15(17(20)21)18-16(19)14-9-5-7-12-6-3-4-8-13(12)14/h3-9,11,15H,10H2,1-2H3,(H,18,19)(H,20,21)/t15-/m1/s1. The number of hydrogen-bond donors (Lipinski definition) is 2. The number of benzene rings is 2. The summed E-state index contributed by atoms with van der Waals surface area (Å²) in [6, 6.07) is 12.1. The second-order valence-corrected chi connectivity index (χ2v) is 5.52. The van der Waals surface area contributed by atoms with Gasteiger partial charge in [-0.3, -0.25) is 4.79 Å². The van der Waals surface area contributed by atoms with Crippen LogP contribution < -0.4 is 5.32 Å². The number of aliphatic carboxylic acids is 1. The van der Waals surface area contributed by atoms with Gasteiger partial charge in [-0.05, 0) is 29.2 Å². The first-order valence-electron chi connectivity index (χ1n) is 7.00. The van der Waals surface area contributed by atoms with Crippen LogP contribution in [0.5, 0.6) is 0 Å². The molecule has 0 aromatic heterocycles. The second kappa shape index (κ2) is 6.39. The van der Waals surface area contributed by atoms with Gasteiger partial charge in [0.05, 0.1) is 0 Å². The summed E-state index contributed by atoms with van der Waals surface area (Å²) >= 11 is 0. The zero-order chi connectivity index (χ0) is 15.4. The molecular formula is C17H19NO3. The number of fused-ring (bicyclic) bond motifs is 1.